The number of benzene rings is 3. The third-order valence-electron chi connectivity index (χ3n) is 6.62. The van der Waals surface area contributed by atoms with Gasteiger partial charge in [0.05, 0.1) is 25.2 Å². The van der Waals surface area contributed by atoms with E-state index < -0.39 is 0 Å². The second-order valence-electron chi connectivity index (χ2n) is 8.54. The Bertz CT molecular complexity index is 1120. The fourth-order valence-corrected chi connectivity index (χ4v) is 5.11. The molecule has 0 bridgehead atoms. The van der Waals surface area contributed by atoms with Crippen LogP contribution in [-0.4, -0.2) is 52.6 Å². The van der Waals surface area contributed by atoms with Crippen LogP contribution in [0.1, 0.15) is 17.0 Å². The largest absolute Gasteiger partial charge is 0.394 e. The van der Waals surface area contributed by atoms with Crippen molar-refractivity contribution >= 4 is 5.91 Å². The molecule has 2 aliphatic heterocycles. The van der Waals surface area contributed by atoms with Crippen molar-refractivity contribution in [1.82, 2.24) is 9.80 Å². The maximum Gasteiger partial charge on any atom is 0.237 e. The van der Waals surface area contributed by atoms with Crippen LogP contribution in [0.2, 0.25) is 0 Å². The fraction of sp³-hybridized carbons (Fsp3) is 0.269. The summed E-state index contributed by atoms with van der Waals surface area (Å²) in [6.45, 7) is 1.43. The smallest absolute Gasteiger partial charge is 0.237 e. The number of halogens is 2. The molecule has 0 radical (unpaired) electrons. The van der Waals surface area contributed by atoms with Gasteiger partial charge in [-0.2, -0.15) is 0 Å². The lowest BCUT2D eigenvalue weighted by molar-refractivity contribution is -0.162. The standard InChI is InChI=1S/C26H24F2N2O2/c27-20-11-5-17(6-12-20)13-29-14-23-26(24(16-31)30(23)25(32)15-29)19-9-7-18(8-10-19)21-3-1-2-4-22(21)28/h1-12,23-24,26,31H,13-16H2/t23-,24-,26-/m1/s1. The molecule has 2 fully saturated rings. The first-order chi connectivity index (χ1) is 15.5. The van der Waals surface area contributed by atoms with E-state index in [1.807, 2.05) is 24.3 Å². The summed E-state index contributed by atoms with van der Waals surface area (Å²) in [6.07, 6.45) is 0. The number of aliphatic hydroxyl groups is 1. The maximum atomic E-state index is 14.1. The van der Waals surface area contributed by atoms with Crippen LogP contribution in [0.3, 0.4) is 0 Å². The van der Waals surface area contributed by atoms with E-state index in [9.17, 15) is 18.7 Å². The molecule has 0 aromatic heterocycles. The van der Waals surface area contributed by atoms with Crippen molar-refractivity contribution < 1.29 is 18.7 Å². The van der Waals surface area contributed by atoms with Crippen LogP contribution in [0.4, 0.5) is 8.78 Å². The van der Waals surface area contributed by atoms with Crippen molar-refractivity contribution in [3.05, 3.63) is 95.6 Å². The van der Waals surface area contributed by atoms with Gasteiger partial charge in [-0.25, -0.2) is 8.78 Å². The van der Waals surface area contributed by atoms with E-state index in [1.165, 1.54) is 18.2 Å². The van der Waals surface area contributed by atoms with E-state index >= 15 is 0 Å². The van der Waals surface area contributed by atoms with E-state index in [2.05, 4.69) is 4.90 Å². The van der Waals surface area contributed by atoms with Gasteiger partial charge in [0, 0.05) is 24.6 Å². The van der Waals surface area contributed by atoms with Crippen LogP contribution >= 0.6 is 0 Å². The van der Waals surface area contributed by atoms with Crippen LogP contribution in [-0.2, 0) is 11.3 Å². The van der Waals surface area contributed by atoms with Crippen molar-refractivity contribution in [3.63, 3.8) is 0 Å². The molecule has 1 N–H and O–H groups in total. The van der Waals surface area contributed by atoms with Gasteiger partial charge in [0.25, 0.3) is 0 Å². The average molecular weight is 434 g/mol. The molecular weight excluding hydrogens is 410 g/mol. The topological polar surface area (TPSA) is 43.8 Å². The lowest BCUT2D eigenvalue weighted by atomic mass is 9.73. The molecule has 3 aromatic carbocycles. The fourth-order valence-electron chi connectivity index (χ4n) is 5.11. The molecule has 0 spiro atoms. The molecule has 0 saturated carbocycles. The van der Waals surface area contributed by atoms with E-state index in [-0.39, 0.29) is 48.7 Å². The Balaban J connectivity index is 1.36. The van der Waals surface area contributed by atoms with Crippen molar-refractivity contribution in [2.24, 2.45) is 0 Å². The lowest BCUT2D eigenvalue weighted by Crippen LogP contribution is -2.72. The van der Waals surface area contributed by atoms with Crippen LogP contribution in [0, 0.1) is 11.6 Å². The highest BCUT2D eigenvalue weighted by Gasteiger charge is 2.53. The Labute approximate surface area is 185 Å². The van der Waals surface area contributed by atoms with E-state index in [0.717, 1.165) is 16.7 Å². The molecule has 4 nitrogen and oxygen atoms in total. The van der Waals surface area contributed by atoms with Gasteiger partial charge in [-0.1, -0.05) is 54.6 Å². The van der Waals surface area contributed by atoms with Crippen LogP contribution < -0.4 is 0 Å². The predicted molar refractivity (Wildman–Crippen MR) is 118 cm³/mol. The number of hydrogen-bond donors (Lipinski definition) is 1. The first-order valence-corrected chi connectivity index (χ1v) is 10.8. The summed E-state index contributed by atoms with van der Waals surface area (Å²) in [5.74, 6) is -0.535. The molecule has 5 rings (SSSR count). The van der Waals surface area contributed by atoms with Crippen molar-refractivity contribution in [2.45, 2.75) is 24.5 Å². The molecule has 6 heteroatoms. The normalized spacial score (nSPS) is 23.0. The summed E-state index contributed by atoms with van der Waals surface area (Å²) in [4.78, 5) is 16.7. The molecule has 3 aromatic rings. The van der Waals surface area contributed by atoms with Gasteiger partial charge in [-0.3, -0.25) is 9.69 Å². The minimum absolute atomic E-state index is 0.00152. The van der Waals surface area contributed by atoms with E-state index in [0.29, 0.717) is 18.7 Å². The number of amides is 1. The number of aliphatic hydroxyl groups excluding tert-OH is 1. The van der Waals surface area contributed by atoms with Gasteiger partial charge >= 0.3 is 0 Å². The highest BCUT2D eigenvalue weighted by molar-refractivity contribution is 5.81. The molecule has 2 saturated heterocycles. The van der Waals surface area contributed by atoms with Crippen LogP contribution in [0.5, 0.6) is 0 Å². The number of fused-ring (bicyclic) bond motifs is 1. The van der Waals surface area contributed by atoms with Gasteiger partial charge in [0.15, 0.2) is 0 Å². The molecule has 1 amide bonds. The molecule has 32 heavy (non-hydrogen) atoms. The van der Waals surface area contributed by atoms with Gasteiger partial charge in [-0.15, -0.1) is 0 Å². The first-order valence-electron chi connectivity index (χ1n) is 10.8. The van der Waals surface area contributed by atoms with Gasteiger partial charge in [-0.05, 0) is 34.9 Å². The average Bonchev–Trinajstić information content (AvgIpc) is 2.78. The number of carbonyl (C=O) groups is 1. The zero-order valence-electron chi connectivity index (χ0n) is 17.5. The van der Waals surface area contributed by atoms with Crippen LogP contribution in [0.25, 0.3) is 11.1 Å². The SMILES string of the molecule is O=C1CN(Cc2ccc(F)cc2)C[C@@H]2[C@@H](c3ccc(-c4ccccc4F)cc3)[C@@H](CO)N12. The highest BCUT2D eigenvalue weighted by Crippen LogP contribution is 2.43. The van der Waals surface area contributed by atoms with Gasteiger partial charge in [0.1, 0.15) is 11.6 Å². The quantitative estimate of drug-likeness (QED) is 0.664. The minimum Gasteiger partial charge on any atom is -0.394 e. The minimum atomic E-state index is -0.279. The zero-order valence-corrected chi connectivity index (χ0v) is 17.5. The Kier molecular flexibility index (Phi) is 5.49. The molecule has 164 valence electrons. The molecule has 2 heterocycles. The summed E-state index contributed by atoms with van der Waals surface area (Å²) >= 11 is 0. The van der Waals surface area contributed by atoms with Gasteiger partial charge < -0.3 is 10.0 Å². The van der Waals surface area contributed by atoms with Crippen molar-refractivity contribution in [1.29, 1.82) is 0 Å². The Morgan fingerprint density at radius 3 is 2.34 bits per heavy atom. The van der Waals surface area contributed by atoms with Gasteiger partial charge in [0.2, 0.25) is 5.91 Å². The van der Waals surface area contributed by atoms with E-state index in [4.69, 9.17) is 0 Å². The molecular formula is C26H24F2N2O2. The summed E-state index contributed by atoms with van der Waals surface area (Å²) in [5.41, 5.74) is 3.32. The number of piperazine rings is 1. The Morgan fingerprint density at radius 1 is 0.938 bits per heavy atom. The highest BCUT2D eigenvalue weighted by atomic mass is 19.1. The zero-order chi connectivity index (χ0) is 22.2. The monoisotopic (exact) mass is 434 g/mol. The molecule has 2 aliphatic rings. The summed E-state index contributed by atoms with van der Waals surface area (Å²) in [7, 11) is 0. The summed E-state index contributed by atoms with van der Waals surface area (Å²) in [5, 5.41) is 9.98. The molecule has 0 unspecified atom stereocenters. The summed E-state index contributed by atoms with van der Waals surface area (Å²) in [6, 6.07) is 20.4. The molecule has 3 atom stereocenters. The molecule has 0 aliphatic carbocycles. The number of rotatable bonds is 5. The van der Waals surface area contributed by atoms with E-state index in [1.54, 1.807) is 35.2 Å². The summed E-state index contributed by atoms with van der Waals surface area (Å²) < 4.78 is 27.3. The van der Waals surface area contributed by atoms with Crippen molar-refractivity contribution in [3.8, 4) is 11.1 Å². The second kappa shape index (κ2) is 8.45. The number of hydrogen-bond acceptors (Lipinski definition) is 3. The maximum absolute atomic E-state index is 14.1. The third-order valence-corrected chi connectivity index (χ3v) is 6.62. The van der Waals surface area contributed by atoms with Crippen LogP contribution in [0.15, 0.2) is 72.8 Å². The number of nitrogens with zero attached hydrogens (tertiary/aromatic N) is 2. The van der Waals surface area contributed by atoms with Crippen molar-refractivity contribution in [2.75, 3.05) is 19.7 Å². The second-order valence-corrected chi connectivity index (χ2v) is 8.54. The third kappa shape index (κ3) is 3.70. The number of carbonyl (C=O) groups excluding carboxylic acids is 1. The lowest BCUT2D eigenvalue weighted by Gasteiger charge is -2.59. The Hall–Kier alpha value is -3.09. The first kappa shape index (κ1) is 20.8. The Morgan fingerprint density at radius 2 is 1.66 bits per heavy atom. The predicted octanol–water partition coefficient (Wildman–Crippen LogP) is 3.80.